The number of nitrogens with zero attached hydrogens (tertiary/aromatic N) is 3. The Balaban J connectivity index is 1.92. The van der Waals surface area contributed by atoms with E-state index in [2.05, 4.69) is 41.2 Å². The molecule has 0 bridgehead atoms. The quantitative estimate of drug-likeness (QED) is 0.902. The van der Waals surface area contributed by atoms with E-state index in [1.165, 1.54) is 12.2 Å². The predicted octanol–water partition coefficient (Wildman–Crippen LogP) is 1.90. The van der Waals surface area contributed by atoms with E-state index in [4.69, 9.17) is 4.42 Å². The summed E-state index contributed by atoms with van der Waals surface area (Å²) in [6, 6.07) is 1.16. The molecule has 0 aromatic carbocycles. The average Bonchev–Trinajstić information content (AvgIpc) is 2.96. The Morgan fingerprint density at radius 3 is 2.83 bits per heavy atom. The lowest BCUT2D eigenvalue weighted by molar-refractivity contribution is 0.380. The maximum absolute atomic E-state index is 5.69. The van der Waals surface area contributed by atoms with Gasteiger partial charge in [-0.2, -0.15) is 11.8 Å². The summed E-state index contributed by atoms with van der Waals surface area (Å²) in [4.78, 5) is 2.10. The Morgan fingerprint density at radius 1 is 1.44 bits per heavy atom. The molecule has 1 unspecified atom stereocenters. The third-order valence-electron chi connectivity index (χ3n) is 2.98. The molecular formula is C12H22N4OS. The van der Waals surface area contributed by atoms with Crippen LogP contribution in [-0.4, -0.2) is 40.3 Å². The van der Waals surface area contributed by atoms with Crippen molar-refractivity contribution in [1.29, 1.82) is 0 Å². The molecule has 0 saturated carbocycles. The van der Waals surface area contributed by atoms with Gasteiger partial charge in [0.15, 0.2) is 0 Å². The summed E-state index contributed by atoms with van der Waals surface area (Å²) < 4.78 is 5.69. The molecule has 2 rings (SSSR count). The van der Waals surface area contributed by atoms with Gasteiger partial charge >= 0.3 is 6.01 Å². The van der Waals surface area contributed by atoms with Gasteiger partial charge in [0.25, 0.3) is 0 Å². The summed E-state index contributed by atoms with van der Waals surface area (Å²) in [7, 11) is 2.03. The first kappa shape index (κ1) is 13.7. The molecule has 0 aliphatic carbocycles. The van der Waals surface area contributed by atoms with Crippen LogP contribution in [0.2, 0.25) is 0 Å². The van der Waals surface area contributed by atoms with Gasteiger partial charge in [-0.3, -0.25) is 0 Å². The Kier molecular flexibility index (Phi) is 4.17. The van der Waals surface area contributed by atoms with Crippen LogP contribution in [0, 0.1) is 0 Å². The maximum atomic E-state index is 5.69. The zero-order valence-electron chi connectivity index (χ0n) is 11.6. The van der Waals surface area contributed by atoms with Crippen LogP contribution in [0.4, 0.5) is 6.01 Å². The van der Waals surface area contributed by atoms with Crippen molar-refractivity contribution in [2.45, 2.75) is 45.3 Å². The van der Waals surface area contributed by atoms with E-state index in [1.807, 2.05) is 18.8 Å². The monoisotopic (exact) mass is 270 g/mol. The first-order valence-corrected chi connectivity index (χ1v) is 7.49. The van der Waals surface area contributed by atoms with E-state index in [0.29, 0.717) is 24.5 Å². The van der Waals surface area contributed by atoms with Gasteiger partial charge in [0.05, 0.1) is 6.54 Å². The molecule has 6 heteroatoms. The minimum absolute atomic E-state index is 0.0582. The Bertz CT molecular complexity index is 382. The number of nitrogens with one attached hydrogen (secondary N) is 1. The molecule has 1 aromatic rings. The van der Waals surface area contributed by atoms with Crippen LogP contribution >= 0.6 is 11.8 Å². The third-order valence-corrected chi connectivity index (χ3v) is 4.13. The van der Waals surface area contributed by atoms with Crippen LogP contribution in [0.3, 0.4) is 0 Å². The molecule has 1 aromatic heterocycles. The van der Waals surface area contributed by atoms with Crippen molar-refractivity contribution in [2.24, 2.45) is 0 Å². The number of hydrogen-bond donors (Lipinski definition) is 1. The Morgan fingerprint density at radius 2 is 2.22 bits per heavy atom. The predicted molar refractivity (Wildman–Crippen MR) is 75.0 cm³/mol. The number of hydrogen-bond acceptors (Lipinski definition) is 6. The van der Waals surface area contributed by atoms with Crippen molar-refractivity contribution in [3.05, 3.63) is 5.89 Å². The molecule has 1 atom stereocenters. The van der Waals surface area contributed by atoms with Gasteiger partial charge in [-0.15, -0.1) is 5.10 Å². The van der Waals surface area contributed by atoms with E-state index in [9.17, 15) is 0 Å². The lowest BCUT2D eigenvalue weighted by Crippen LogP contribution is -2.35. The van der Waals surface area contributed by atoms with Crippen molar-refractivity contribution >= 4 is 17.8 Å². The van der Waals surface area contributed by atoms with Crippen LogP contribution < -0.4 is 10.2 Å². The number of thioether (sulfide) groups is 1. The molecule has 0 spiro atoms. The molecule has 1 saturated heterocycles. The van der Waals surface area contributed by atoms with Crippen LogP contribution in [0.25, 0.3) is 0 Å². The summed E-state index contributed by atoms with van der Waals surface area (Å²) in [5, 5.41) is 11.5. The average molecular weight is 270 g/mol. The summed E-state index contributed by atoms with van der Waals surface area (Å²) in [6.45, 7) is 6.97. The highest BCUT2D eigenvalue weighted by Gasteiger charge is 2.24. The zero-order chi connectivity index (χ0) is 13.2. The van der Waals surface area contributed by atoms with Gasteiger partial charge < -0.3 is 14.6 Å². The summed E-state index contributed by atoms with van der Waals surface area (Å²) in [6.07, 6.45) is 1.19. The third kappa shape index (κ3) is 3.62. The van der Waals surface area contributed by atoms with Gasteiger partial charge in [-0.25, -0.2) is 0 Å². The molecule has 102 valence electrons. The van der Waals surface area contributed by atoms with Crippen LogP contribution in [-0.2, 0) is 6.54 Å². The second-order valence-corrected chi connectivity index (χ2v) is 6.86. The molecular weight excluding hydrogens is 248 g/mol. The van der Waals surface area contributed by atoms with Crippen molar-refractivity contribution in [2.75, 3.05) is 23.5 Å². The highest BCUT2D eigenvalue weighted by Crippen LogP contribution is 2.24. The van der Waals surface area contributed by atoms with Gasteiger partial charge in [0.2, 0.25) is 5.89 Å². The fourth-order valence-electron chi connectivity index (χ4n) is 1.78. The van der Waals surface area contributed by atoms with Gasteiger partial charge in [0.1, 0.15) is 0 Å². The van der Waals surface area contributed by atoms with E-state index in [1.54, 1.807) is 0 Å². The molecule has 1 aliphatic heterocycles. The first-order valence-electron chi connectivity index (χ1n) is 6.34. The van der Waals surface area contributed by atoms with E-state index >= 15 is 0 Å². The van der Waals surface area contributed by atoms with Crippen LogP contribution in [0.5, 0.6) is 0 Å². The highest BCUT2D eigenvalue weighted by atomic mass is 32.2. The highest BCUT2D eigenvalue weighted by molar-refractivity contribution is 7.99. The normalized spacial score (nSPS) is 20.3. The van der Waals surface area contributed by atoms with Crippen molar-refractivity contribution in [1.82, 2.24) is 15.5 Å². The second-order valence-electron chi connectivity index (χ2n) is 5.71. The standard InChI is InChI=1S/C12H22N4OS/c1-12(2,3)13-7-10-14-15-11(17-10)16(4)9-5-6-18-8-9/h9,13H,5-8H2,1-4H3. The van der Waals surface area contributed by atoms with Gasteiger partial charge in [0, 0.05) is 24.4 Å². The minimum Gasteiger partial charge on any atom is -0.407 e. The topological polar surface area (TPSA) is 54.2 Å². The Labute approximate surface area is 113 Å². The van der Waals surface area contributed by atoms with Crippen LogP contribution in [0.1, 0.15) is 33.1 Å². The number of rotatable bonds is 4. The minimum atomic E-state index is 0.0582. The van der Waals surface area contributed by atoms with E-state index < -0.39 is 0 Å². The molecule has 2 heterocycles. The van der Waals surface area contributed by atoms with E-state index in [0.717, 1.165) is 5.75 Å². The summed E-state index contributed by atoms with van der Waals surface area (Å²) in [5.74, 6) is 3.02. The molecule has 1 aliphatic rings. The molecule has 5 nitrogen and oxygen atoms in total. The molecule has 0 amide bonds. The lowest BCUT2D eigenvalue weighted by atomic mass is 10.1. The van der Waals surface area contributed by atoms with Crippen molar-refractivity contribution < 1.29 is 4.42 Å². The van der Waals surface area contributed by atoms with Crippen molar-refractivity contribution in [3.63, 3.8) is 0 Å². The summed E-state index contributed by atoms with van der Waals surface area (Å²) >= 11 is 1.98. The molecule has 0 radical (unpaired) electrons. The molecule has 1 N–H and O–H groups in total. The number of aromatic nitrogens is 2. The largest absolute Gasteiger partial charge is 0.407 e. The lowest BCUT2D eigenvalue weighted by Gasteiger charge is -2.21. The van der Waals surface area contributed by atoms with Gasteiger partial charge in [-0.05, 0) is 32.9 Å². The second kappa shape index (κ2) is 5.48. The first-order chi connectivity index (χ1) is 8.46. The fraction of sp³-hybridized carbons (Fsp3) is 0.833. The van der Waals surface area contributed by atoms with Gasteiger partial charge in [-0.1, -0.05) is 5.10 Å². The summed E-state index contributed by atoms with van der Waals surface area (Å²) in [5.41, 5.74) is 0.0582. The smallest absolute Gasteiger partial charge is 0.318 e. The fourth-order valence-corrected chi connectivity index (χ4v) is 3.05. The molecule has 18 heavy (non-hydrogen) atoms. The van der Waals surface area contributed by atoms with E-state index in [-0.39, 0.29) is 5.54 Å². The zero-order valence-corrected chi connectivity index (χ0v) is 12.4. The van der Waals surface area contributed by atoms with Crippen LogP contribution in [0.15, 0.2) is 4.42 Å². The maximum Gasteiger partial charge on any atom is 0.318 e. The SMILES string of the molecule is CN(c1nnc(CNC(C)(C)C)o1)C1CCSC1. The number of anilines is 1. The molecule has 1 fully saturated rings. The van der Waals surface area contributed by atoms with Crippen molar-refractivity contribution in [3.8, 4) is 0 Å². The Hall–Kier alpha value is -0.750.